The van der Waals surface area contributed by atoms with Gasteiger partial charge in [0.1, 0.15) is 12.2 Å². The van der Waals surface area contributed by atoms with Gasteiger partial charge in [0, 0.05) is 13.3 Å². The Hall–Kier alpha value is -0.950. The van der Waals surface area contributed by atoms with Crippen molar-refractivity contribution in [3.8, 4) is 12.3 Å². The van der Waals surface area contributed by atoms with E-state index in [1.165, 1.54) is 6.92 Å². The van der Waals surface area contributed by atoms with Crippen LogP contribution in [0.5, 0.6) is 0 Å². The summed E-state index contributed by atoms with van der Waals surface area (Å²) in [6.45, 7) is 3.38. The molecule has 0 saturated carbocycles. The van der Waals surface area contributed by atoms with Gasteiger partial charge < -0.3 is 9.47 Å². The van der Waals surface area contributed by atoms with E-state index in [9.17, 15) is 4.79 Å². The highest BCUT2D eigenvalue weighted by molar-refractivity contribution is 6.21. The van der Waals surface area contributed by atoms with Crippen LogP contribution in [0.4, 0.5) is 0 Å². The average molecular weight is 345 g/mol. The van der Waals surface area contributed by atoms with Crippen LogP contribution in [0.15, 0.2) is 24.3 Å². The molecule has 22 heavy (non-hydrogen) atoms. The van der Waals surface area contributed by atoms with Crippen LogP contribution in [0.1, 0.15) is 33.1 Å². The number of hydrogen-bond donors (Lipinski definition) is 0. The van der Waals surface area contributed by atoms with Crippen molar-refractivity contribution in [1.29, 1.82) is 0 Å². The molecule has 0 aromatic rings. The van der Waals surface area contributed by atoms with E-state index in [1.807, 2.05) is 25.2 Å². The molecule has 1 rings (SSSR count). The van der Waals surface area contributed by atoms with Gasteiger partial charge in [0.15, 0.2) is 0 Å². The zero-order chi connectivity index (χ0) is 16.5. The number of hydrogen-bond acceptors (Lipinski definition) is 3. The molecule has 1 aliphatic heterocycles. The number of esters is 1. The lowest BCUT2D eigenvalue weighted by Gasteiger charge is -2.16. The fourth-order valence-corrected chi connectivity index (χ4v) is 2.57. The Balaban J connectivity index is 2.69. The number of halogens is 2. The van der Waals surface area contributed by atoms with Gasteiger partial charge >= 0.3 is 5.97 Å². The predicted molar refractivity (Wildman–Crippen MR) is 90.1 cm³/mol. The van der Waals surface area contributed by atoms with E-state index in [1.54, 1.807) is 6.08 Å². The van der Waals surface area contributed by atoms with Crippen LogP contribution >= 0.6 is 23.2 Å². The van der Waals surface area contributed by atoms with Crippen LogP contribution in [-0.4, -0.2) is 35.0 Å². The number of ether oxygens (including phenoxy) is 2. The summed E-state index contributed by atoms with van der Waals surface area (Å²) >= 11 is 12.4. The first kappa shape index (κ1) is 19.1. The second-order valence-electron chi connectivity index (χ2n) is 5.15. The zero-order valence-corrected chi connectivity index (χ0v) is 14.4. The molecular weight excluding hydrogens is 323 g/mol. The highest BCUT2D eigenvalue weighted by Crippen LogP contribution is 2.30. The highest BCUT2D eigenvalue weighted by Gasteiger charge is 2.39. The van der Waals surface area contributed by atoms with Crippen molar-refractivity contribution >= 4 is 29.2 Å². The van der Waals surface area contributed by atoms with Crippen molar-refractivity contribution in [1.82, 2.24) is 0 Å². The van der Waals surface area contributed by atoms with Crippen molar-refractivity contribution in [2.75, 3.05) is 0 Å². The molecule has 1 heterocycles. The third-order valence-electron chi connectivity index (χ3n) is 3.36. The van der Waals surface area contributed by atoms with E-state index in [2.05, 4.69) is 5.92 Å². The molecule has 0 radical (unpaired) electrons. The molecule has 122 valence electrons. The first-order valence-corrected chi connectivity index (χ1v) is 8.25. The van der Waals surface area contributed by atoms with E-state index in [-0.39, 0.29) is 35.0 Å². The molecule has 2 unspecified atom stereocenters. The Morgan fingerprint density at radius 2 is 2.27 bits per heavy atom. The molecule has 5 heteroatoms. The minimum Gasteiger partial charge on any atom is -0.459 e. The third-order valence-corrected chi connectivity index (χ3v) is 4.27. The monoisotopic (exact) mass is 344 g/mol. The van der Waals surface area contributed by atoms with Crippen molar-refractivity contribution in [2.45, 2.75) is 62.2 Å². The van der Waals surface area contributed by atoms with Gasteiger partial charge in [-0.2, -0.15) is 0 Å². The average Bonchev–Trinajstić information content (AvgIpc) is 2.87. The highest BCUT2D eigenvalue weighted by atomic mass is 35.5. The minimum atomic E-state index is -0.336. The number of terminal acetylenes is 1. The molecule has 3 nitrogen and oxygen atoms in total. The van der Waals surface area contributed by atoms with Gasteiger partial charge in [0.2, 0.25) is 0 Å². The fraction of sp³-hybridized carbons (Fsp3) is 0.588. The van der Waals surface area contributed by atoms with Crippen LogP contribution in [0.2, 0.25) is 0 Å². The summed E-state index contributed by atoms with van der Waals surface area (Å²) in [5, 5.41) is -0.287. The van der Waals surface area contributed by atoms with Crippen LogP contribution in [-0.2, 0) is 14.3 Å². The van der Waals surface area contributed by atoms with Gasteiger partial charge in [-0.15, -0.1) is 29.6 Å². The third kappa shape index (κ3) is 6.44. The SMILES string of the molecule is C#C/C=C\CC(Cl)[C@@H]1C[C@H](OC(C)=O)[C@@H](/C=C\C(Cl)CC)O1. The van der Waals surface area contributed by atoms with Crippen LogP contribution < -0.4 is 0 Å². The Morgan fingerprint density at radius 3 is 2.86 bits per heavy atom. The van der Waals surface area contributed by atoms with Gasteiger partial charge in [-0.3, -0.25) is 4.79 Å². The molecule has 1 aliphatic rings. The largest absolute Gasteiger partial charge is 0.459 e. The second kappa shape index (κ2) is 9.94. The molecule has 0 amide bonds. The molecule has 0 aromatic heterocycles. The first-order valence-electron chi connectivity index (χ1n) is 7.38. The lowest BCUT2D eigenvalue weighted by molar-refractivity contribution is -0.147. The summed E-state index contributed by atoms with van der Waals surface area (Å²) in [6, 6.07) is 0. The van der Waals surface area contributed by atoms with E-state index in [0.29, 0.717) is 12.8 Å². The molecule has 1 saturated heterocycles. The first-order chi connectivity index (χ1) is 10.5. The van der Waals surface area contributed by atoms with Crippen molar-refractivity contribution < 1.29 is 14.3 Å². The maximum absolute atomic E-state index is 11.2. The molecule has 0 aromatic carbocycles. The maximum Gasteiger partial charge on any atom is 0.303 e. The molecule has 1 fully saturated rings. The van der Waals surface area contributed by atoms with Gasteiger partial charge in [-0.05, 0) is 18.9 Å². The molecule has 0 aliphatic carbocycles. The lowest BCUT2D eigenvalue weighted by Crippen LogP contribution is -2.24. The predicted octanol–water partition coefficient (Wildman–Crippen LogP) is 3.84. The van der Waals surface area contributed by atoms with Crippen molar-refractivity contribution in [3.63, 3.8) is 0 Å². The fourth-order valence-electron chi connectivity index (χ4n) is 2.22. The molecular formula is C17H22Cl2O3. The molecule has 0 bridgehead atoms. The number of carbonyl (C=O) groups excluding carboxylic acids is 1. The number of allylic oxidation sites excluding steroid dienone is 3. The van der Waals surface area contributed by atoms with Crippen molar-refractivity contribution in [3.05, 3.63) is 24.3 Å². The minimum absolute atomic E-state index is 0.0639. The van der Waals surface area contributed by atoms with E-state index in [4.69, 9.17) is 39.1 Å². The molecule has 0 N–H and O–H groups in total. The lowest BCUT2D eigenvalue weighted by atomic mass is 10.1. The maximum atomic E-state index is 11.2. The number of alkyl halides is 2. The summed E-state index contributed by atoms with van der Waals surface area (Å²) in [6.07, 6.45) is 13.5. The number of carbonyl (C=O) groups is 1. The van der Waals surface area contributed by atoms with E-state index >= 15 is 0 Å². The smallest absolute Gasteiger partial charge is 0.303 e. The normalized spacial score (nSPS) is 27.9. The van der Waals surface area contributed by atoms with E-state index in [0.717, 1.165) is 6.42 Å². The Kier molecular flexibility index (Phi) is 8.63. The standard InChI is InChI=1S/C17H22Cl2O3/c1-4-6-7-8-14(19)16-11-17(21-12(3)20)15(22-16)10-9-13(18)5-2/h1,6-7,9-10,13-17H,5,8,11H2,2-3H3/b7-6-,10-9-/t13?,14?,15-,16+,17+/m1/s1. The molecule has 5 atom stereocenters. The Morgan fingerprint density at radius 1 is 1.55 bits per heavy atom. The summed E-state index contributed by atoms with van der Waals surface area (Å²) in [7, 11) is 0. The van der Waals surface area contributed by atoms with Gasteiger partial charge in [-0.25, -0.2) is 0 Å². The summed E-state index contributed by atoms with van der Waals surface area (Å²) in [5.74, 6) is 2.09. The second-order valence-corrected chi connectivity index (χ2v) is 6.27. The van der Waals surface area contributed by atoms with Gasteiger partial charge in [-0.1, -0.05) is 31.1 Å². The summed E-state index contributed by atoms with van der Waals surface area (Å²) in [4.78, 5) is 11.2. The van der Waals surface area contributed by atoms with Crippen LogP contribution in [0, 0.1) is 12.3 Å². The topological polar surface area (TPSA) is 35.5 Å². The quantitative estimate of drug-likeness (QED) is 0.304. The van der Waals surface area contributed by atoms with Crippen molar-refractivity contribution in [2.24, 2.45) is 0 Å². The van der Waals surface area contributed by atoms with E-state index < -0.39 is 0 Å². The summed E-state index contributed by atoms with van der Waals surface area (Å²) < 4.78 is 11.3. The van der Waals surface area contributed by atoms with Crippen LogP contribution in [0.3, 0.4) is 0 Å². The zero-order valence-electron chi connectivity index (χ0n) is 12.9. The number of rotatable bonds is 7. The van der Waals surface area contributed by atoms with Crippen LogP contribution in [0.25, 0.3) is 0 Å². The van der Waals surface area contributed by atoms with Gasteiger partial charge in [0.25, 0.3) is 0 Å². The summed E-state index contributed by atoms with van der Waals surface area (Å²) in [5.41, 5.74) is 0. The van der Waals surface area contributed by atoms with Gasteiger partial charge in [0.05, 0.1) is 16.9 Å². The molecule has 0 spiro atoms. The Labute approximate surface area is 142 Å². The Bertz CT molecular complexity index is 453.